The normalized spacial score (nSPS) is 11.5. The molecule has 0 unspecified atom stereocenters. The van der Waals surface area contributed by atoms with Crippen LogP contribution in [0.15, 0.2) is 24.5 Å². The summed E-state index contributed by atoms with van der Waals surface area (Å²) in [6.07, 6.45) is 3.82. The van der Waals surface area contributed by atoms with Gasteiger partial charge in [0.25, 0.3) is 0 Å². The van der Waals surface area contributed by atoms with E-state index in [1.165, 1.54) is 0 Å². The number of carbonyl (C=O) groups is 1. The van der Waals surface area contributed by atoms with Gasteiger partial charge in [-0.1, -0.05) is 6.07 Å². The lowest BCUT2D eigenvalue weighted by Gasteiger charge is -2.13. The average molecular weight is 232 g/mol. The molecule has 0 aliphatic carbocycles. The zero-order valence-electron chi connectivity index (χ0n) is 9.81. The molecule has 5 heteroatoms. The minimum Gasteiger partial charge on any atom is -0.354 e. The molecule has 0 aliphatic rings. The minimum absolute atomic E-state index is 0.0745. The fourth-order valence-corrected chi connectivity index (χ4v) is 1.32. The lowest BCUT2D eigenvalue weighted by atomic mass is 10.1. The van der Waals surface area contributed by atoms with E-state index in [0.717, 1.165) is 5.56 Å². The van der Waals surface area contributed by atoms with Crippen molar-refractivity contribution in [3.63, 3.8) is 0 Å². The van der Waals surface area contributed by atoms with Crippen molar-refractivity contribution in [1.82, 2.24) is 15.6 Å². The maximum absolute atomic E-state index is 11.4. The van der Waals surface area contributed by atoms with E-state index < -0.39 is 0 Å². The third-order valence-corrected chi connectivity index (χ3v) is 2.31. The van der Waals surface area contributed by atoms with Gasteiger partial charge in [-0.2, -0.15) is 5.26 Å². The third kappa shape index (κ3) is 5.09. The smallest absolute Gasteiger partial charge is 0.234 e. The Hall–Kier alpha value is -1.93. The van der Waals surface area contributed by atoms with Gasteiger partial charge in [0.1, 0.15) is 0 Å². The maximum atomic E-state index is 11.4. The summed E-state index contributed by atoms with van der Waals surface area (Å²) < 4.78 is 0. The van der Waals surface area contributed by atoms with Crippen molar-refractivity contribution in [2.24, 2.45) is 0 Å². The van der Waals surface area contributed by atoms with Crippen LogP contribution in [0.3, 0.4) is 0 Å². The molecule has 5 nitrogen and oxygen atoms in total. The molecule has 1 aromatic heterocycles. The molecule has 1 rings (SSSR count). The molecule has 0 saturated heterocycles. The number of carbonyl (C=O) groups excluding carboxylic acids is 1. The topological polar surface area (TPSA) is 77.8 Å². The first-order valence-electron chi connectivity index (χ1n) is 5.51. The zero-order chi connectivity index (χ0) is 12.5. The summed E-state index contributed by atoms with van der Waals surface area (Å²) >= 11 is 0. The highest BCUT2D eigenvalue weighted by Crippen LogP contribution is 2.08. The van der Waals surface area contributed by atoms with Crippen LogP contribution in [0, 0.1) is 11.3 Å². The molecule has 0 aromatic carbocycles. The van der Waals surface area contributed by atoms with Crippen molar-refractivity contribution in [3.05, 3.63) is 30.1 Å². The fraction of sp³-hybridized carbons (Fsp3) is 0.417. The Morgan fingerprint density at radius 1 is 1.65 bits per heavy atom. The van der Waals surface area contributed by atoms with Crippen molar-refractivity contribution in [3.8, 4) is 6.07 Å². The summed E-state index contributed by atoms with van der Waals surface area (Å²) in [5, 5.41) is 14.1. The summed E-state index contributed by atoms with van der Waals surface area (Å²) in [6, 6.07) is 5.86. The Balaban J connectivity index is 2.27. The van der Waals surface area contributed by atoms with Gasteiger partial charge in [0, 0.05) is 25.0 Å². The fourth-order valence-electron chi connectivity index (χ4n) is 1.32. The van der Waals surface area contributed by atoms with E-state index in [0.29, 0.717) is 13.0 Å². The molecule has 1 heterocycles. The van der Waals surface area contributed by atoms with Crippen molar-refractivity contribution in [2.45, 2.75) is 19.4 Å². The van der Waals surface area contributed by atoms with Gasteiger partial charge in [-0.25, -0.2) is 0 Å². The highest BCUT2D eigenvalue weighted by molar-refractivity contribution is 5.78. The Kier molecular flexibility index (Phi) is 5.69. The summed E-state index contributed by atoms with van der Waals surface area (Å²) in [7, 11) is 0. The number of rotatable bonds is 6. The summed E-state index contributed by atoms with van der Waals surface area (Å²) in [5.41, 5.74) is 1.04. The van der Waals surface area contributed by atoms with Crippen LogP contribution in [-0.2, 0) is 4.79 Å². The number of hydrogen-bond acceptors (Lipinski definition) is 4. The van der Waals surface area contributed by atoms with Crippen LogP contribution in [0.2, 0.25) is 0 Å². The van der Waals surface area contributed by atoms with Crippen molar-refractivity contribution >= 4 is 5.91 Å². The van der Waals surface area contributed by atoms with E-state index in [1.54, 1.807) is 12.4 Å². The van der Waals surface area contributed by atoms with Crippen LogP contribution in [-0.4, -0.2) is 24.0 Å². The molecule has 1 atom stereocenters. The molecular formula is C12H16N4O. The molecule has 0 saturated carbocycles. The van der Waals surface area contributed by atoms with E-state index in [9.17, 15) is 4.79 Å². The summed E-state index contributed by atoms with van der Waals surface area (Å²) in [5.74, 6) is -0.101. The van der Waals surface area contributed by atoms with Crippen LogP contribution in [0.25, 0.3) is 0 Å². The first kappa shape index (κ1) is 13.1. The zero-order valence-corrected chi connectivity index (χ0v) is 9.81. The molecule has 0 aliphatic heterocycles. The highest BCUT2D eigenvalue weighted by Gasteiger charge is 2.06. The Labute approximate surface area is 101 Å². The largest absolute Gasteiger partial charge is 0.354 e. The molecule has 17 heavy (non-hydrogen) atoms. The number of nitrogens with one attached hydrogen (secondary N) is 2. The Bertz CT molecular complexity index is 385. The van der Waals surface area contributed by atoms with Gasteiger partial charge in [0.05, 0.1) is 19.0 Å². The predicted octanol–water partition coefficient (Wildman–Crippen LogP) is 0.762. The van der Waals surface area contributed by atoms with Gasteiger partial charge in [-0.3, -0.25) is 9.78 Å². The van der Waals surface area contributed by atoms with Gasteiger partial charge in [-0.15, -0.1) is 0 Å². The van der Waals surface area contributed by atoms with Gasteiger partial charge in [0.2, 0.25) is 5.91 Å². The molecular weight excluding hydrogens is 216 g/mol. The van der Waals surface area contributed by atoms with Crippen LogP contribution in [0.1, 0.15) is 24.9 Å². The molecule has 1 amide bonds. The van der Waals surface area contributed by atoms with Gasteiger partial charge in [0.15, 0.2) is 0 Å². The molecule has 1 aromatic rings. The lowest BCUT2D eigenvalue weighted by Crippen LogP contribution is -2.35. The quantitative estimate of drug-likeness (QED) is 0.710. The predicted molar refractivity (Wildman–Crippen MR) is 63.9 cm³/mol. The van der Waals surface area contributed by atoms with Gasteiger partial charge < -0.3 is 10.6 Å². The Morgan fingerprint density at radius 2 is 2.47 bits per heavy atom. The number of nitriles is 1. The second-order valence-electron chi connectivity index (χ2n) is 3.65. The number of hydrogen-bond donors (Lipinski definition) is 2. The molecule has 0 fully saturated rings. The molecule has 2 N–H and O–H groups in total. The monoisotopic (exact) mass is 232 g/mol. The highest BCUT2D eigenvalue weighted by atomic mass is 16.1. The van der Waals surface area contributed by atoms with E-state index in [1.807, 2.05) is 25.1 Å². The second kappa shape index (κ2) is 7.36. The maximum Gasteiger partial charge on any atom is 0.234 e. The molecule has 0 radical (unpaired) electrons. The molecule has 0 bridgehead atoms. The standard InChI is InChI=1S/C12H16N4O/c1-10(11-4-2-6-14-8-11)16-9-12(17)15-7-3-5-13/h2,4,6,8,10,16H,3,7,9H2,1H3,(H,15,17)/t10-/m1/s1. The van der Waals surface area contributed by atoms with Crippen LogP contribution < -0.4 is 10.6 Å². The summed E-state index contributed by atoms with van der Waals surface area (Å²) in [6.45, 7) is 2.61. The van der Waals surface area contributed by atoms with Crippen molar-refractivity contribution < 1.29 is 4.79 Å². The van der Waals surface area contributed by atoms with Crippen LogP contribution in [0.5, 0.6) is 0 Å². The number of nitrogens with zero attached hydrogens (tertiary/aromatic N) is 2. The average Bonchev–Trinajstić information content (AvgIpc) is 2.37. The van der Waals surface area contributed by atoms with Gasteiger partial charge in [-0.05, 0) is 18.6 Å². The van der Waals surface area contributed by atoms with Crippen molar-refractivity contribution in [1.29, 1.82) is 5.26 Å². The van der Waals surface area contributed by atoms with Gasteiger partial charge >= 0.3 is 0 Å². The first-order chi connectivity index (χ1) is 8.24. The number of amides is 1. The minimum atomic E-state index is -0.101. The molecule has 90 valence electrons. The first-order valence-corrected chi connectivity index (χ1v) is 5.51. The van der Waals surface area contributed by atoms with Crippen LogP contribution in [0.4, 0.5) is 0 Å². The van der Waals surface area contributed by atoms with E-state index in [2.05, 4.69) is 15.6 Å². The van der Waals surface area contributed by atoms with E-state index in [-0.39, 0.29) is 18.5 Å². The van der Waals surface area contributed by atoms with Crippen LogP contribution >= 0.6 is 0 Å². The molecule has 0 spiro atoms. The number of pyridine rings is 1. The number of aromatic nitrogens is 1. The lowest BCUT2D eigenvalue weighted by molar-refractivity contribution is -0.120. The third-order valence-electron chi connectivity index (χ3n) is 2.31. The van der Waals surface area contributed by atoms with E-state index >= 15 is 0 Å². The summed E-state index contributed by atoms with van der Waals surface area (Å²) in [4.78, 5) is 15.4. The van der Waals surface area contributed by atoms with E-state index in [4.69, 9.17) is 5.26 Å². The second-order valence-corrected chi connectivity index (χ2v) is 3.65. The SMILES string of the molecule is C[C@@H](NCC(=O)NCCC#N)c1cccnc1. The van der Waals surface area contributed by atoms with Crippen molar-refractivity contribution in [2.75, 3.05) is 13.1 Å². The Morgan fingerprint density at radius 3 is 3.12 bits per heavy atom.